The summed E-state index contributed by atoms with van der Waals surface area (Å²) in [5.41, 5.74) is 3.30. The van der Waals surface area contributed by atoms with Crippen LogP contribution in [0.25, 0.3) is 11.1 Å². The average Bonchev–Trinajstić information content (AvgIpc) is 2.49. The second-order valence-corrected chi connectivity index (χ2v) is 4.05. The van der Waals surface area contributed by atoms with E-state index in [0.717, 1.165) is 17.4 Å². The fraction of sp³-hybridized carbons (Fsp3) is 0.0625. The minimum atomic E-state index is -0.730. The smallest absolute Gasteiger partial charge is 0.158 e. The Kier molecular flexibility index (Phi) is 3.71. The molecule has 0 N–H and O–H groups in total. The number of hydrogen-bond acceptors (Lipinski definition) is 3. The Balaban J connectivity index is 2.30. The van der Waals surface area contributed by atoms with Crippen LogP contribution in [0.1, 0.15) is 21.8 Å². The van der Waals surface area contributed by atoms with E-state index in [-0.39, 0.29) is 0 Å². The van der Waals surface area contributed by atoms with Gasteiger partial charge in [-0.2, -0.15) is 10.5 Å². The fourth-order valence-electron chi connectivity index (χ4n) is 1.80. The molecule has 0 aliphatic rings. The van der Waals surface area contributed by atoms with Crippen LogP contribution >= 0.6 is 0 Å². The Morgan fingerprint density at radius 2 is 1.32 bits per heavy atom. The lowest BCUT2D eigenvalue weighted by atomic mass is 9.98. The molecule has 0 spiro atoms. The summed E-state index contributed by atoms with van der Waals surface area (Å²) in [6.07, 6.45) is 0.803. The largest absolute Gasteiger partial charge is 0.298 e. The molecule has 0 aliphatic heterocycles. The van der Waals surface area contributed by atoms with E-state index in [0.29, 0.717) is 11.1 Å². The average molecular weight is 246 g/mol. The summed E-state index contributed by atoms with van der Waals surface area (Å²) >= 11 is 0. The molecule has 0 bridgehead atoms. The van der Waals surface area contributed by atoms with Gasteiger partial charge in [0.25, 0.3) is 0 Å². The van der Waals surface area contributed by atoms with Gasteiger partial charge in [0.05, 0.1) is 12.1 Å². The molecule has 0 unspecified atom stereocenters. The number of rotatable bonds is 3. The number of carbonyl (C=O) groups is 1. The van der Waals surface area contributed by atoms with Crippen LogP contribution in [-0.4, -0.2) is 6.29 Å². The van der Waals surface area contributed by atoms with Gasteiger partial charge >= 0.3 is 0 Å². The van der Waals surface area contributed by atoms with Crippen molar-refractivity contribution in [2.24, 2.45) is 0 Å². The van der Waals surface area contributed by atoms with Gasteiger partial charge in [-0.3, -0.25) is 4.79 Å². The van der Waals surface area contributed by atoms with Crippen molar-refractivity contribution >= 4 is 6.29 Å². The van der Waals surface area contributed by atoms with E-state index in [1.54, 1.807) is 24.3 Å². The third kappa shape index (κ3) is 2.68. The first-order chi connectivity index (χ1) is 9.28. The minimum absolute atomic E-state index is 0.634. The second kappa shape index (κ2) is 5.62. The number of hydrogen-bond donors (Lipinski definition) is 0. The molecule has 0 saturated heterocycles. The predicted octanol–water partition coefficient (Wildman–Crippen LogP) is 3.30. The van der Waals surface area contributed by atoms with Crippen LogP contribution in [0.3, 0.4) is 0 Å². The molecule has 90 valence electrons. The van der Waals surface area contributed by atoms with Crippen LogP contribution in [0.15, 0.2) is 48.5 Å². The quantitative estimate of drug-likeness (QED) is 0.780. The third-order valence-electron chi connectivity index (χ3n) is 2.88. The summed E-state index contributed by atoms with van der Waals surface area (Å²) in [7, 11) is 0. The van der Waals surface area contributed by atoms with Crippen LogP contribution in [0.4, 0.5) is 0 Å². The first kappa shape index (κ1) is 12.5. The lowest BCUT2D eigenvalue weighted by Gasteiger charge is -2.04. The first-order valence-electron chi connectivity index (χ1n) is 5.73. The van der Waals surface area contributed by atoms with Crippen molar-refractivity contribution < 1.29 is 4.79 Å². The van der Waals surface area contributed by atoms with Gasteiger partial charge in [0.2, 0.25) is 0 Å². The summed E-state index contributed by atoms with van der Waals surface area (Å²) < 4.78 is 0. The first-order valence-corrected chi connectivity index (χ1v) is 5.73. The van der Waals surface area contributed by atoms with Crippen LogP contribution in [0.2, 0.25) is 0 Å². The summed E-state index contributed by atoms with van der Waals surface area (Å²) in [4.78, 5) is 10.6. The molecule has 2 aromatic carbocycles. The Labute approximate surface area is 111 Å². The Morgan fingerprint density at radius 1 is 0.842 bits per heavy atom. The topological polar surface area (TPSA) is 64.7 Å². The van der Waals surface area contributed by atoms with Crippen molar-refractivity contribution in [3.05, 3.63) is 59.7 Å². The standard InChI is InChI=1S/C16H10N2O/c17-9-16(10-18)15-7-5-14(6-8-15)13-3-1-12(11-19)2-4-13/h1-8,11,16H. The minimum Gasteiger partial charge on any atom is -0.298 e. The van der Waals surface area contributed by atoms with Crippen LogP contribution in [0.5, 0.6) is 0 Å². The van der Waals surface area contributed by atoms with E-state index in [1.165, 1.54) is 0 Å². The number of nitrogens with zero attached hydrogens (tertiary/aromatic N) is 2. The highest BCUT2D eigenvalue weighted by Gasteiger charge is 2.08. The Hall–Kier alpha value is -2.91. The highest BCUT2D eigenvalue weighted by Crippen LogP contribution is 2.22. The number of benzene rings is 2. The summed E-state index contributed by atoms with van der Waals surface area (Å²) in [6.45, 7) is 0. The Morgan fingerprint density at radius 3 is 1.74 bits per heavy atom. The summed E-state index contributed by atoms with van der Waals surface area (Å²) in [6, 6.07) is 18.4. The second-order valence-electron chi connectivity index (χ2n) is 4.05. The molecule has 0 saturated carbocycles. The zero-order valence-electron chi connectivity index (χ0n) is 10.1. The normalized spacial score (nSPS) is 9.63. The van der Waals surface area contributed by atoms with Crippen molar-refractivity contribution in [1.29, 1.82) is 10.5 Å². The zero-order chi connectivity index (χ0) is 13.7. The SMILES string of the molecule is N#CC(C#N)c1ccc(-c2ccc(C=O)cc2)cc1. The fourth-order valence-corrected chi connectivity index (χ4v) is 1.80. The molecule has 3 nitrogen and oxygen atoms in total. The highest BCUT2D eigenvalue weighted by atomic mass is 16.1. The number of nitriles is 2. The van der Waals surface area contributed by atoms with Gasteiger partial charge in [0, 0.05) is 5.56 Å². The molecule has 0 aliphatic carbocycles. The van der Waals surface area contributed by atoms with Gasteiger partial charge in [0.1, 0.15) is 6.29 Å². The Bertz CT molecular complexity index is 644. The van der Waals surface area contributed by atoms with Crippen LogP contribution < -0.4 is 0 Å². The molecule has 0 amide bonds. The predicted molar refractivity (Wildman–Crippen MR) is 71.2 cm³/mol. The third-order valence-corrected chi connectivity index (χ3v) is 2.88. The molecule has 0 atom stereocenters. The van der Waals surface area contributed by atoms with Crippen molar-refractivity contribution in [1.82, 2.24) is 0 Å². The lowest BCUT2D eigenvalue weighted by molar-refractivity contribution is 0.112. The number of aldehydes is 1. The molecule has 3 heteroatoms. The van der Waals surface area contributed by atoms with Crippen molar-refractivity contribution in [3.8, 4) is 23.3 Å². The van der Waals surface area contributed by atoms with Crippen molar-refractivity contribution in [2.75, 3.05) is 0 Å². The van der Waals surface area contributed by atoms with Crippen molar-refractivity contribution in [3.63, 3.8) is 0 Å². The van der Waals surface area contributed by atoms with E-state index in [1.807, 2.05) is 36.4 Å². The molecular weight excluding hydrogens is 236 g/mol. The van der Waals surface area contributed by atoms with Gasteiger partial charge < -0.3 is 0 Å². The molecule has 0 fully saturated rings. The van der Waals surface area contributed by atoms with E-state index < -0.39 is 5.92 Å². The zero-order valence-corrected chi connectivity index (χ0v) is 10.1. The molecular formula is C16H10N2O. The van der Waals surface area contributed by atoms with Crippen LogP contribution in [0, 0.1) is 22.7 Å². The van der Waals surface area contributed by atoms with Gasteiger partial charge in [-0.05, 0) is 16.7 Å². The molecule has 2 aromatic rings. The molecule has 19 heavy (non-hydrogen) atoms. The van der Waals surface area contributed by atoms with Crippen molar-refractivity contribution in [2.45, 2.75) is 5.92 Å². The van der Waals surface area contributed by atoms with Gasteiger partial charge in [0.15, 0.2) is 5.92 Å². The lowest BCUT2D eigenvalue weighted by Crippen LogP contribution is -1.91. The van der Waals surface area contributed by atoms with E-state index in [4.69, 9.17) is 10.5 Å². The maximum atomic E-state index is 10.6. The monoisotopic (exact) mass is 246 g/mol. The molecule has 0 radical (unpaired) electrons. The summed E-state index contributed by atoms with van der Waals surface area (Å²) in [5, 5.41) is 17.6. The van der Waals surface area contributed by atoms with Crippen LogP contribution in [-0.2, 0) is 0 Å². The van der Waals surface area contributed by atoms with Gasteiger partial charge in [-0.25, -0.2) is 0 Å². The van der Waals surface area contributed by atoms with Gasteiger partial charge in [-0.1, -0.05) is 48.5 Å². The van der Waals surface area contributed by atoms with E-state index in [2.05, 4.69) is 0 Å². The molecule has 0 heterocycles. The molecule has 2 rings (SSSR count). The summed E-state index contributed by atoms with van der Waals surface area (Å²) in [5.74, 6) is -0.730. The maximum Gasteiger partial charge on any atom is 0.158 e. The van der Waals surface area contributed by atoms with E-state index in [9.17, 15) is 4.79 Å². The molecule has 0 aromatic heterocycles. The highest BCUT2D eigenvalue weighted by molar-refractivity contribution is 5.76. The number of carbonyl (C=O) groups excluding carboxylic acids is 1. The maximum absolute atomic E-state index is 10.6. The van der Waals surface area contributed by atoms with E-state index >= 15 is 0 Å². The van der Waals surface area contributed by atoms with Gasteiger partial charge in [-0.15, -0.1) is 0 Å².